The molecule has 0 aromatic carbocycles. The highest BCUT2D eigenvalue weighted by Gasteiger charge is 2.83. The quantitative estimate of drug-likeness (QED) is 0.306. The van der Waals surface area contributed by atoms with Crippen LogP contribution in [0.25, 0.3) is 0 Å². The number of carbonyl (C=O) groups is 3. The number of allylic oxidation sites excluding steroid dienone is 1. The van der Waals surface area contributed by atoms with Crippen molar-refractivity contribution in [2.45, 2.75) is 76.3 Å². The Morgan fingerprint density at radius 2 is 1.97 bits per heavy atom. The average molecular weight is 493 g/mol. The zero-order valence-corrected chi connectivity index (χ0v) is 20.2. The van der Waals surface area contributed by atoms with Crippen LogP contribution in [0, 0.1) is 28.6 Å². The van der Waals surface area contributed by atoms with Crippen LogP contribution in [0.3, 0.4) is 0 Å². The van der Waals surface area contributed by atoms with Gasteiger partial charge in [0.25, 0.3) is 0 Å². The van der Waals surface area contributed by atoms with Crippen molar-refractivity contribution in [3.05, 3.63) is 23.8 Å². The third-order valence-corrected chi connectivity index (χ3v) is 9.58. The van der Waals surface area contributed by atoms with E-state index in [9.17, 15) is 34.8 Å². The number of fused-ring (bicyclic) bond motifs is 1. The van der Waals surface area contributed by atoms with E-state index in [-0.39, 0.29) is 25.0 Å². The van der Waals surface area contributed by atoms with Gasteiger partial charge in [-0.25, -0.2) is 9.59 Å². The maximum Gasteiger partial charge on any atom is 0.348 e. The summed E-state index contributed by atoms with van der Waals surface area (Å²) in [6.45, 7) is 10.0. The lowest BCUT2D eigenvalue weighted by Gasteiger charge is -2.67. The molecule has 2 bridgehead atoms. The van der Waals surface area contributed by atoms with Gasteiger partial charge in [0.05, 0.1) is 12.0 Å². The van der Waals surface area contributed by atoms with E-state index in [1.54, 1.807) is 20.8 Å². The normalized spacial score (nSPS) is 49.9. The predicted molar refractivity (Wildman–Crippen MR) is 117 cm³/mol. The first-order valence-electron chi connectivity index (χ1n) is 11.9. The lowest BCUT2D eigenvalue weighted by atomic mass is 9.38. The highest BCUT2D eigenvalue weighted by molar-refractivity contribution is 5.96. The summed E-state index contributed by atoms with van der Waals surface area (Å²) in [7, 11) is 0. The maximum atomic E-state index is 13.2. The minimum Gasteiger partial charge on any atom is -0.459 e. The molecular formula is C25H32O10. The lowest BCUT2D eigenvalue weighted by Crippen LogP contribution is -2.76. The Balaban J connectivity index is 1.70. The van der Waals surface area contributed by atoms with Crippen LogP contribution in [0.1, 0.15) is 40.5 Å². The largest absolute Gasteiger partial charge is 0.459 e. The van der Waals surface area contributed by atoms with Crippen LogP contribution in [0.15, 0.2) is 23.8 Å². The van der Waals surface area contributed by atoms with Gasteiger partial charge in [-0.1, -0.05) is 26.0 Å². The van der Waals surface area contributed by atoms with Gasteiger partial charge in [0.1, 0.15) is 18.3 Å². The maximum absolute atomic E-state index is 13.2. The SMILES string of the molecule is C=C1[C@@H](O)[C@]2(O)OC[C@@]34[C@H]1[C@@H](OC(=O)C(C)(O)CC)C(=O)O[C@@H]3C[C@H]1C(C)=CC(=O)[C@@H](O)[C@]1(C)[C@@H]24. The second kappa shape index (κ2) is 7.23. The van der Waals surface area contributed by atoms with Crippen molar-refractivity contribution in [3.8, 4) is 0 Å². The second-order valence-electron chi connectivity index (χ2n) is 11.3. The van der Waals surface area contributed by atoms with Crippen LogP contribution in [-0.2, 0) is 28.6 Å². The molecule has 35 heavy (non-hydrogen) atoms. The molecule has 1 spiro atoms. The standard InChI is InChI=1S/C25H32O10/c1-6-22(4,31)21(30)35-16-15-11(3)17(27)25(32)20-23(5)12(10(2)7-13(26)18(23)28)8-14(34-19(16)29)24(15,20)9-33-25/h7,12,14-18,20,27-28,31-32H,3,6,8-9H2,1-2,4-5H3/t12-,14+,15+,16+,17+,18+,20+,22?,23+,24-,25-/m0/s1. The highest BCUT2D eigenvalue weighted by Crippen LogP contribution is 2.73. The van der Waals surface area contributed by atoms with Crippen molar-refractivity contribution in [2.24, 2.45) is 28.6 Å². The van der Waals surface area contributed by atoms with Crippen LogP contribution in [-0.4, -0.2) is 80.6 Å². The number of carbonyl (C=O) groups excluding carboxylic acids is 3. The Labute approximate surface area is 202 Å². The Morgan fingerprint density at radius 1 is 1.31 bits per heavy atom. The Morgan fingerprint density at radius 3 is 2.60 bits per heavy atom. The molecule has 3 aliphatic carbocycles. The molecule has 192 valence electrons. The number of aliphatic hydroxyl groups is 4. The molecule has 5 rings (SSSR count). The smallest absolute Gasteiger partial charge is 0.348 e. The van der Waals surface area contributed by atoms with Gasteiger partial charge < -0.3 is 34.6 Å². The number of hydrogen-bond acceptors (Lipinski definition) is 10. The van der Waals surface area contributed by atoms with Gasteiger partial charge in [0.2, 0.25) is 6.10 Å². The number of esters is 2. The van der Waals surface area contributed by atoms with E-state index in [4.69, 9.17) is 14.2 Å². The summed E-state index contributed by atoms with van der Waals surface area (Å²) in [5, 5.41) is 44.6. The van der Waals surface area contributed by atoms with Gasteiger partial charge in [-0.15, -0.1) is 0 Å². The molecule has 2 saturated carbocycles. The summed E-state index contributed by atoms with van der Waals surface area (Å²) in [6.07, 6.45) is -3.98. The molecule has 1 unspecified atom stereocenters. The molecular weight excluding hydrogens is 460 g/mol. The van der Waals surface area contributed by atoms with Crippen LogP contribution in [0.2, 0.25) is 0 Å². The number of hydrogen-bond donors (Lipinski definition) is 4. The Kier molecular flexibility index (Phi) is 5.07. The van der Waals surface area contributed by atoms with Crippen molar-refractivity contribution in [1.29, 1.82) is 0 Å². The molecule has 0 radical (unpaired) electrons. The Bertz CT molecular complexity index is 1060. The molecule has 2 heterocycles. The van der Waals surface area contributed by atoms with E-state index in [2.05, 4.69) is 6.58 Å². The van der Waals surface area contributed by atoms with Gasteiger partial charge in [0.15, 0.2) is 17.2 Å². The van der Waals surface area contributed by atoms with E-state index in [1.807, 2.05) is 0 Å². The zero-order valence-electron chi connectivity index (χ0n) is 20.2. The van der Waals surface area contributed by atoms with E-state index in [1.165, 1.54) is 13.0 Å². The fraction of sp³-hybridized carbons (Fsp3) is 0.720. The fourth-order valence-electron chi connectivity index (χ4n) is 7.69. The summed E-state index contributed by atoms with van der Waals surface area (Å²) in [6, 6.07) is 0. The lowest BCUT2D eigenvalue weighted by molar-refractivity contribution is -0.311. The van der Waals surface area contributed by atoms with E-state index >= 15 is 0 Å². The Hall–Kier alpha value is -2.11. The summed E-state index contributed by atoms with van der Waals surface area (Å²) >= 11 is 0. The van der Waals surface area contributed by atoms with Crippen molar-refractivity contribution in [1.82, 2.24) is 0 Å². The average Bonchev–Trinajstić information content (AvgIpc) is 3.08. The molecule has 0 aromatic rings. The fourth-order valence-corrected chi connectivity index (χ4v) is 7.69. The topological polar surface area (TPSA) is 160 Å². The minimum absolute atomic E-state index is 0.0285. The third-order valence-electron chi connectivity index (χ3n) is 9.58. The molecule has 2 saturated heterocycles. The molecule has 0 amide bonds. The number of ether oxygens (including phenoxy) is 3. The van der Waals surface area contributed by atoms with Crippen molar-refractivity contribution < 1.29 is 49.0 Å². The van der Waals surface area contributed by atoms with Gasteiger partial charge >= 0.3 is 11.9 Å². The van der Waals surface area contributed by atoms with E-state index < -0.39 is 82.1 Å². The summed E-state index contributed by atoms with van der Waals surface area (Å²) < 4.78 is 17.2. The van der Waals surface area contributed by atoms with Gasteiger partial charge in [0, 0.05) is 17.3 Å². The van der Waals surface area contributed by atoms with Gasteiger partial charge in [-0.3, -0.25) is 4.79 Å². The van der Waals surface area contributed by atoms with Crippen LogP contribution >= 0.6 is 0 Å². The molecule has 5 aliphatic rings. The molecule has 10 heteroatoms. The van der Waals surface area contributed by atoms with Crippen molar-refractivity contribution >= 4 is 17.7 Å². The number of aliphatic hydroxyl groups excluding tert-OH is 2. The molecule has 11 atom stereocenters. The van der Waals surface area contributed by atoms with Crippen LogP contribution in [0.4, 0.5) is 0 Å². The molecule has 4 fully saturated rings. The molecule has 2 aliphatic heterocycles. The summed E-state index contributed by atoms with van der Waals surface area (Å²) in [4.78, 5) is 38.7. The van der Waals surface area contributed by atoms with Crippen LogP contribution < -0.4 is 0 Å². The van der Waals surface area contributed by atoms with Crippen LogP contribution in [0.5, 0.6) is 0 Å². The molecule has 0 aromatic heterocycles. The van der Waals surface area contributed by atoms with Gasteiger partial charge in [-0.2, -0.15) is 0 Å². The van der Waals surface area contributed by atoms with Gasteiger partial charge in [-0.05, 0) is 44.3 Å². The number of ketones is 1. The summed E-state index contributed by atoms with van der Waals surface area (Å²) in [5.74, 6) is -7.21. The number of rotatable bonds is 3. The third kappa shape index (κ3) is 2.74. The highest BCUT2D eigenvalue weighted by atomic mass is 16.7. The molecule has 10 nitrogen and oxygen atoms in total. The minimum atomic E-state index is -2.22. The first-order chi connectivity index (χ1) is 16.2. The summed E-state index contributed by atoms with van der Waals surface area (Å²) in [5.41, 5.74) is -3.70. The second-order valence-corrected chi connectivity index (χ2v) is 11.3. The predicted octanol–water partition coefficient (Wildman–Crippen LogP) is -0.231. The first kappa shape index (κ1) is 24.6. The van der Waals surface area contributed by atoms with Crippen molar-refractivity contribution in [3.63, 3.8) is 0 Å². The monoisotopic (exact) mass is 492 g/mol. The van der Waals surface area contributed by atoms with Crippen molar-refractivity contribution in [2.75, 3.05) is 6.61 Å². The van der Waals surface area contributed by atoms with E-state index in [0.717, 1.165) is 0 Å². The molecule has 4 N–H and O–H groups in total. The van der Waals surface area contributed by atoms with E-state index in [0.29, 0.717) is 5.57 Å². The first-order valence-corrected chi connectivity index (χ1v) is 11.9. The zero-order chi connectivity index (χ0) is 25.9.